The Morgan fingerprint density at radius 3 is 2.93 bits per heavy atom. The summed E-state index contributed by atoms with van der Waals surface area (Å²) in [6, 6.07) is 7.19. The van der Waals surface area contributed by atoms with Crippen LogP contribution in [0.2, 0.25) is 0 Å². The summed E-state index contributed by atoms with van der Waals surface area (Å²) in [5.74, 6) is 0.465. The van der Waals surface area contributed by atoms with Gasteiger partial charge in [-0.25, -0.2) is 5.10 Å². The molecule has 27 heavy (non-hydrogen) atoms. The summed E-state index contributed by atoms with van der Waals surface area (Å²) in [5.41, 5.74) is 0.849. The number of nitrogens with one attached hydrogen (secondary N) is 2. The van der Waals surface area contributed by atoms with Crippen molar-refractivity contribution in [2.75, 3.05) is 19.0 Å². The number of benzene rings is 1. The van der Waals surface area contributed by atoms with Gasteiger partial charge in [-0.15, -0.1) is 0 Å². The van der Waals surface area contributed by atoms with Crippen molar-refractivity contribution in [1.82, 2.24) is 20.1 Å². The van der Waals surface area contributed by atoms with Crippen molar-refractivity contribution in [3.63, 3.8) is 0 Å². The molecule has 0 spiro atoms. The zero-order valence-electron chi connectivity index (χ0n) is 15.6. The van der Waals surface area contributed by atoms with Crippen LogP contribution in [0, 0.1) is 5.92 Å². The van der Waals surface area contributed by atoms with Gasteiger partial charge in [-0.2, -0.15) is 10.1 Å². The number of hydrogen-bond acceptors (Lipinski definition) is 5. The molecule has 1 aromatic carbocycles. The van der Waals surface area contributed by atoms with E-state index < -0.39 is 5.92 Å². The van der Waals surface area contributed by atoms with Crippen molar-refractivity contribution in [3.05, 3.63) is 36.2 Å². The lowest BCUT2D eigenvalue weighted by Crippen LogP contribution is -2.47. The molecule has 2 amide bonds. The monoisotopic (exact) mass is 371 g/mol. The lowest BCUT2D eigenvalue weighted by Gasteiger charge is -2.41. The van der Waals surface area contributed by atoms with E-state index in [4.69, 9.17) is 4.74 Å². The van der Waals surface area contributed by atoms with Crippen LogP contribution in [0.4, 0.5) is 5.95 Å². The molecule has 0 radical (unpaired) electrons. The highest BCUT2D eigenvalue weighted by atomic mass is 16.5. The predicted molar refractivity (Wildman–Crippen MR) is 100 cm³/mol. The van der Waals surface area contributed by atoms with Gasteiger partial charge >= 0.3 is 0 Å². The van der Waals surface area contributed by atoms with E-state index in [9.17, 15) is 9.59 Å². The van der Waals surface area contributed by atoms with Crippen LogP contribution in [0.25, 0.3) is 0 Å². The molecule has 1 aliphatic rings. The van der Waals surface area contributed by atoms with E-state index in [-0.39, 0.29) is 17.9 Å². The molecule has 2 atom stereocenters. The Bertz CT molecular complexity index is 777. The molecule has 1 aromatic heterocycles. The van der Waals surface area contributed by atoms with Gasteiger partial charge in [0.25, 0.3) is 0 Å². The number of likely N-dealkylation sites (tertiary alicyclic amines) is 1. The van der Waals surface area contributed by atoms with Gasteiger partial charge in [-0.3, -0.25) is 14.9 Å². The molecule has 144 valence electrons. The minimum absolute atomic E-state index is 0.0723. The smallest absolute Gasteiger partial charge is 0.232 e. The fourth-order valence-electron chi connectivity index (χ4n) is 3.59. The number of amides is 2. The third-order valence-electron chi connectivity index (χ3n) is 4.91. The molecule has 0 aliphatic carbocycles. The number of carbonyl (C=O) groups is 2. The summed E-state index contributed by atoms with van der Waals surface area (Å²) in [7, 11) is 1.60. The molecule has 0 unspecified atom stereocenters. The Hall–Kier alpha value is -2.90. The Labute approximate surface area is 158 Å². The topological polar surface area (TPSA) is 100 Å². The van der Waals surface area contributed by atoms with Crippen molar-refractivity contribution >= 4 is 17.8 Å². The average molecular weight is 371 g/mol. The summed E-state index contributed by atoms with van der Waals surface area (Å²) in [4.78, 5) is 31.5. The van der Waals surface area contributed by atoms with Gasteiger partial charge in [0.15, 0.2) is 0 Å². The highest BCUT2D eigenvalue weighted by molar-refractivity contribution is 5.93. The van der Waals surface area contributed by atoms with Gasteiger partial charge in [0, 0.05) is 18.5 Å². The van der Waals surface area contributed by atoms with Crippen LogP contribution in [0.15, 0.2) is 30.6 Å². The second-order valence-electron chi connectivity index (χ2n) is 6.60. The van der Waals surface area contributed by atoms with Crippen molar-refractivity contribution in [2.45, 2.75) is 38.6 Å². The minimum atomic E-state index is -0.402. The van der Waals surface area contributed by atoms with Crippen molar-refractivity contribution in [2.24, 2.45) is 5.92 Å². The number of H-pyrrole nitrogens is 1. The first-order chi connectivity index (χ1) is 13.2. The number of unbranched alkanes of at least 4 members (excludes halogenated alkanes) is 1. The first-order valence-corrected chi connectivity index (χ1v) is 9.24. The first kappa shape index (κ1) is 18.9. The number of anilines is 1. The molecule has 2 N–H and O–H groups in total. The van der Waals surface area contributed by atoms with Gasteiger partial charge in [0.05, 0.1) is 19.1 Å². The van der Waals surface area contributed by atoms with Crippen LogP contribution in [-0.4, -0.2) is 45.6 Å². The molecule has 1 saturated heterocycles. The molecule has 2 heterocycles. The number of carbonyl (C=O) groups excluding carboxylic acids is 2. The van der Waals surface area contributed by atoms with Crippen LogP contribution < -0.4 is 10.1 Å². The van der Waals surface area contributed by atoms with Crippen molar-refractivity contribution < 1.29 is 14.3 Å². The fourth-order valence-corrected chi connectivity index (χ4v) is 3.59. The zero-order valence-corrected chi connectivity index (χ0v) is 15.6. The molecule has 2 aromatic rings. The van der Waals surface area contributed by atoms with Crippen molar-refractivity contribution in [3.8, 4) is 5.75 Å². The second kappa shape index (κ2) is 8.66. The number of piperidine rings is 1. The van der Waals surface area contributed by atoms with Gasteiger partial charge in [-0.05, 0) is 18.9 Å². The van der Waals surface area contributed by atoms with Crippen LogP contribution in [-0.2, 0) is 9.59 Å². The average Bonchev–Trinajstić information content (AvgIpc) is 3.19. The molecule has 1 aliphatic heterocycles. The number of rotatable bonds is 7. The van der Waals surface area contributed by atoms with E-state index in [2.05, 4.69) is 27.4 Å². The maximum atomic E-state index is 13.0. The normalized spacial score (nSPS) is 19.8. The van der Waals surface area contributed by atoms with E-state index in [0.29, 0.717) is 31.1 Å². The molecule has 0 saturated carbocycles. The summed E-state index contributed by atoms with van der Waals surface area (Å²) in [6.07, 6.45) is 4.02. The van der Waals surface area contributed by atoms with Gasteiger partial charge < -0.3 is 9.64 Å². The number of aromatic amines is 1. The maximum absolute atomic E-state index is 13.0. The number of para-hydroxylation sites is 1. The van der Waals surface area contributed by atoms with Crippen LogP contribution >= 0.6 is 0 Å². The number of methoxy groups -OCH3 is 1. The minimum Gasteiger partial charge on any atom is -0.496 e. The van der Waals surface area contributed by atoms with E-state index >= 15 is 0 Å². The molecule has 8 heteroatoms. The molecule has 1 fully saturated rings. The molecule has 8 nitrogen and oxygen atoms in total. The van der Waals surface area contributed by atoms with Crippen molar-refractivity contribution in [1.29, 1.82) is 0 Å². The summed E-state index contributed by atoms with van der Waals surface area (Å²) < 4.78 is 5.52. The van der Waals surface area contributed by atoms with E-state index in [1.807, 2.05) is 29.2 Å². The largest absolute Gasteiger partial charge is 0.496 e. The summed E-state index contributed by atoms with van der Waals surface area (Å²) >= 11 is 0. The van der Waals surface area contributed by atoms with E-state index in [0.717, 1.165) is 18.4 Å². The molecule has 0 bridgehead atoms. The van der Waals surface area contributed by atoms with Gasteiger partial charge in [-0.1, -0.05) is 31.5 Å². The lowest BCUT2D eigenvalue weighted by atomic mass is 9.83. The van der Waals surface area contributed by atoms with Gasteiger partial charge in [0.1, 0.15) is 12.1 Å². The van der Waals surface area contributed by atoms with E-state index in [1.165, 1.54) is 6.33 Å². The van der Waals surface area contributed by atoms with Crippen LogP contribution in [0.3, 0.4) is 0 Å². The van der Waals surface area contributed by atoms with Crippen LogP contribution in [0.5, 0.6) is 5.75 Å². The Kier molecular flexibility index (Phi) is 6.05. The second-order valence-corrected chi connectivity index (χ2v) is 6.60. The van der Waals surface area contributed by atoms with Crippen LogP contribution in [0.1, 0.15) is 44.2 Å². The Morgan fingerprint density at radius 1 is 1.41 bits per heavy atom. The third kappa shape index (κ3) is 4.10. The predicted octanol–water partition coefficient (Wildman–Crippen LogP) is 2.53. The number of hydrogen-bond donors (Lipinski definition) is 2. The maximum Gasteiger partial charge on any atom is 0.232 e. The standard InChI is InChI=1S/C19H25N5O3/c1-3-4-11-24-16(25)10-9-14(18(26)22-19-20-12-21-23-19)17(24)13-7-5-6-8-15(13)27-2/h5-8,12,14,17H,3-4,9-11H2,1-2H3,(H2,20,21,22,23,26)/t14-,17-/m1/s1. The summed E-state index contributed by atoms with van der Waals surface area (Å²) in [6.45, 7) is 2.70. The molecule has 3 rings (SSSR count). The SMILES string of the molecule is CCCCN1C(=O)CC[C@@H](C(=O)Nc2ncn[nH]2)[C@H]1c1ccccc1OC. The molecular formula is C19H25N5O3. The molecular weight excluding hydrogens is 346 g/mol. The third-order valence-corrected chi connectivity index (χ3v) is 4.91. The number of nitrogens with zero attached hydrogens (tertiary/aromatic N) is 3. The number of ether oxygens (including phenoxy) is 1. The number of aromatic nitrogens is 3. The Morgan fingerprint density at radius 2 is 2.22 bits per heavy atom. The highest BCUT2D eigenvalue weighted by Gasteiger charge is 2.41. The highest BCUT2D eigenvalue weighted by Crippen LogP contribution is 2.41. The fraction of sp³-hybridized carbons (Fsp3) is 0.474. The first-order valence-electron chi connectivity index (χ1n) is 9.24. The zero-order chi connectivity index (χ0) is 19.2. The lowest BCUT2D eigenvalue weighted by molar-refractivity contribution is -0.142. The quantitative estimate of drug-likeness (QED) is 0.779. The Balaban J connectivity index is 1.96. The van der Waals surface area contributed by atoms with Gasteiger partial charge in [0.2, 0.25) is 17.8 Å². The van der Waals surface area contributed by atoms with E-state index in [1.54, 1.807) is 7.11 Å². The summed E-state index contributed by atoms with van der Waals surface area (Å²) in [5, 5.41) is 9.17.